The third kappa shape index (κ3) is 9.53. The van der Waals surface area contributed by atoms with Crippen LogP contribution in [-0.4, -0.2) is 88.2 Å². The molecule has 14 nitrogen and oxygen atoms in total. The van der Waals surface area contributed by atoms with E-state index in [1.54, 1.807) is 30.5 Å². The van der Waals surface area contributed by atoms with Crippen LogP contribution in [0.25, 0.3) is 45.6 Å². The SMILES string of the molecule is O=C(NCCCO)c1[nH]nc2c1CCc1cnc(-c3ccc(F)cc3)nc1-2.O=C(NCCCO)c1nn(C(c2ccccc2)(c2ccccc2)c2ccccc2)c2c1CCc1cnc(-c3ccc(F)cc3)nc1-2. The van der Waals surface area contributed by atoms with Gasteiger partial charge in [-0.3, -0.25) is 14.7 Å². The molecule has 0 aliphatic heterocycles. The van der Waals surface area contributed by atoms with Gasteiger partial charge in [0.15, 0.2) is 17.3 Å². The van der Waals surface area contributed by atoms with E-state index in [9.17, 15) is 23.5 Å². The Balaban J connectivity index is 0.000000192. The van der Waals surface area contributed by atoms with Crippen molar-refractivity contribution < 1.29 is 28.6 Å². The zero-order chi connectivity index (χ0) is 50.3. The van der Waals surface area contributed by atoms with E-state index in [4.69, 9.17) is 15.2 Å². The highest BCUT2D eigenvalue weighted by atomic mass is 19.1. The van der Waals surface area contributed by atoms with Crippen molar-refractivity contribution in [3.63, 3.8) is 0 Å². The highest BCUT2D eigenvalue weighted by Crippen LogP contribution is 2.46. The Hall–Kier alpha value is -8.60. The minimum absolute atomic E-state index is 0.0254. The number of aliphatic hydroxyl groups is 2. The summed E-state index contributed by atoms with van der Waals surface area (Å²) < 4.78 is 29.0. The molecule has 0 saturated carbocycles. The Morgan fingerprint density at radius 1 is 0.575 bits per heavy atom. The van der Waals surface area contributed by atoms with Crippen molar-refractivity contribution in [2.45, 2.75) is 44.1 Å². The zero-order valence-corrected chi connectivity index (χ0v) is 39.6. The number of aryl methyl sites for hydroxylation is 2. The summed E-state index contributed by atoms with van der Waals surface area (Å²) in [5, 5.41) is 36.3. The van der Waals surface area contributed by atoms with E-state index in [1.807, 2.05) is 65.5 Å². The second-order valence-electron chi connectivity index (χ2n) is 17.6. The lowest BCUT2D eigenvalue weighted by molar-refractivity contribution is 0.0936. The number of nitrogens with one attached hydrogen (secondary N) is 3. The number of aromatic amines is 1. The predicted octanol–water partition coefficient (Wildman–Crippen LogP) is 8.08. The fraction of sp³-hybridized carbons (Fsp3) is 0.193. The third-order valence-electron chi connectivity index (χ3n) is 13.1. The van der Waals surface area contributed by atoms with Crippen LogP contribution in [0.2, 0.25) is 0 Å². The van der Waals surface area contributed by atoms with Crippen LogP contribution < -0.4 is 10.6 Å². The van der Waals surface area contributed by atoms with Gasteiger partial charge in [-0.1, -0.05) is 91.0 Å². The second kappa shape index (κ2) is 21.4. The molecule has 5 aromatic carbocycles. The van der Waals surface area contributed by atoms with Gasteiger partial charge in [-0.15, -0.1) is 0 Å². The number of H-pyrrole nitrogens is 1. The molecule has 73 heavy (non-hydrogen) atoms. The lowest BCUT2D eigenvalue weighted by Gasteiger charge is -2.38. The van der Waals surface area contributed by atoms with E-state index in [-0.39, 0.29) is 36.7 Å². The molecule has 5 N–H and O–H groups in total. The first-order chi connectivity index (χ1) is 35.8. The van der Waals surface area contributed by atoms with Crippen molar-refractivity contribution in [1.82, 2.24) is 50.5 Å². The minimum atomic E-state index is -0.993. The van der Waals surface area contributed by atoms with Gasteiger partial charge < -0.3 is 20.8 Å². The quantitative estimate of drug-likeness (QED) is 0.0525. The molecule has 16 heteroatoms. The maximum Gasteiger partial charge on any atom is 0.272 e. The first-order valence-electron chi connectivity index (χ1n) is 24.2. The molecule has 11 rings (SSSR count). The fourth-order valence-corrected chi connectivity index (χ4v) is 9.57. The molecule has 0 unspecified atom stereocenters. The standard InChI is InChI=1S/C38H32FN5O2.C19H18FN5O2/c39-31-20-17-26(18-21-31)36-41-25-27-19-22-32-34(37(46)40-23-10-24-45)43-44(35(32)33(27)42-36)38(28-11-4-1-5-12-28,29-13-6-2-7-14-29)30-15-8-3-9-16-30;20-13-5-2-11(3-6-13)18-22-10-12-4-7-14-16(15(12)23-18)24-25-17(14)19(27)21-8-1-9-26/h1-9,11-18,20-21,25,45H,10,19,22-24H2,(H,40,46);2-3,5-6,10,26H,1,4,7-9H2,(H,21,27)(H,24,25). The Labute approximate surface area is 419 Å². The molecule has 0 fully saturated rings. The summed E-state index contributed by atoms with van der Waals surface area (Å²) in [5.41, 5.74) is 10.3. The van der Waals surface area contributed by atoms with Crippen LogP contribution in [0.5, 0.6) is 0 Å². The fourth-order valence-electron chi connectivity index (χ4n) is 9.57. The van der Waals surface area contributed by atoms with Gasteiger partial charge in [0.25, 0.3) is 11.8 Å². The monoisotopic (exact) mass is 976 g/mol. The number of aromatic nitrogens is 8. The number of benzene rings is 5. The van der Waals surface area contributed by atoms with E-state index in [0.717, 1.165) is 44.6 Å². The number of amides is 2. The van der Waals surface area contributed by atoms with Gasteiger partial charge in [-0.2, -0.15) is 10.2 Å². The smallest absolute Gasteiger partial charge is 0.272 e. The van der Waals surface area contributed by atoms with Crippen LogP contribution in [0.1, 0.15) is 72.8 Å². The highest BCUT2D eigenvalue weighted by Gasteiger charge is 2.44. The van der Waals surface area contributed by atoms with Gasteiger partial charge in [0.2, 0.25) is 0 Å². The number of hydrogen-bond donors (Lipinski definition) is 5. The molecule has 0 bridgehead atoms. The molecule has 0 saturated heterocycles. The topological polar surface area (TPSA) is 197 Å². The first kappa shape index (κ1) is 48.0. The van der Waals surface area contributed by atoms with Gasteiger partial charge in [0.1, 0.15) is 28.6 Å². The second-order valence-corrected chi connectivity index (χ2v) is 17.6. The third-order valence-corrected chi connectivity index (χ3v) is 13.1. The van der Waals surface area contributed by atoms with Crippen molar-refractivity contribution in [1.29, 1.82) is 0 Å². The normalized spacial score (nSPS) is 12.3. The zero-order valence-electron chi connectivity index (χ0n) is 39.6. The van der Waals surface area contributed by atoms with Gasteiger partial charge >= 0.3 is 0 Å². The molecule has 2 aliphatic rings. The van der Waals surface area contributed by atoms with Crippen molar-refractivity contribution in [3.8, 4) is 45.6 Å². The van der Waals surface area contributed by atoms with Crippen molar-refractivity contribution in [2.24, 2.45) is 0 Å². The number of carbonyl (C=O) groups is 2. The molecule has 366 valence electrons. The van der Waals surface area contributed by atoms with E-state index < -0.39 is 5.54 Å². The largest absolute Gasteiger partial charge is 0.396 e. The van der Waals surface area contributed by atoms with Gasteiger partial charge in [0.05, 0.1) is 17.1 Å². The average molecular weight is 977 g/mol. The van der Waals surface area contributed by atoms with Crippen LogP contribution in [0.15, 0.2) is 152 Å². The van der Waals surface area contributed by atoms with E-state index in [1.165, 1.54) is 24.3 Å². The molecule has 0 spiro atoms. The minimum Gasteiger partial charge on any atom is -0.396 e. The Morgan fingerprint density at radius 2 is 1.04 bits per heavy atom. The maximum atomic E-state index is 13.8. The summed E-state index contributed by atoms with van der Waals surface area (Å²) >= 11 is 0. The summed E-state index contributed by atoms with van der Waals surface area (Å²) in [6.45, 7) is 0.725. The van der Waals surface area contributed by atoms with Crippen LogP contribution in [-0.2, 0) is 31.2 Å². The lowest BCUT2D eigenvalue weighted by Crippen LogP contribution is -2.39. The van der Waals surface area contributed by atoms with Crippen LogP contribution in [0, 0.1) is 11.6 Å². The van der Waals surface area contributed by atoms with E-state index >= 15 is 0 Å². The van der Waals surface area contributed by atoms with E-state index in [2.05, 4.69) is 72.2 Å². The predicted molar refractivity (Wildman–Crippen MR) is 271 cm³/mol. The molecule has 9 aromatic rings. The van der Waals surface area contributed by atoms with Gasteiger partial charge in [-0.05, 0) is 115 Å². The van der Waals surface area contributed by atoms with Gasteiger partial charge in [-0.25, -0.2) is 33.4 Å². The average Bonchev–Trinajstić information content (AvgIpc) is 4.07. The maximum absolute atomic E-state index is 13.8. The number of nitrogens with zero attached hydrogens (tertiary/aromatic N) is 7. The number of hydrogen-bond acceptors (Lipinski definition) is 10. The van der Waals surface area contributed by atoms with Crippen molar-refractivity contribution >= 4 is 11.8 Å². The van der Waals surface area contributed by atoms with Gasteiger partial charge in [0, 0.05) is 61.0 Å². The van der Waals surface area contributed by atoms with Crippen molar-refractivity contribution in [2.75, 3.05) is 26.3 Å². The Morgan fingerprint density at radius 3 is 1.55 bits per heavy atom. The van der Waals surface area contributed by atoms with E-state index in [0.29, 0.717) is 103 Å². The highest BCUT2D eigenvalue weighted by molar-refractivity contribution is 5.97. The van der Waals surface area contributed by atoms with Crippen molar-refractivity contribution in [3.05, 3.63) is 214 Å². The first-order valence-corrected chi connectivity index (χ1v) is 24.2. The summed E-state index contributed by atoms with van der Waals surface area (Å²) in [6, 6.07) is 42.7. The summed E-state index contributed by atoms with van der Waals surface area (Å²) in [7, 11) is 0. The number of fused-ring (bicyclic) bond motifs is 6. The number of carbonyl (C=O) groups excluding carboxylic acids is 2. The number of halogens is 2. The molecule has 0 atom stereocenters. The van der Waals surface area contributed by atoms with Crippen LogP contribution in [0.3, 0.4) is 0 Å². The molecule has 2 aliphatic carbocycles. The molecule has 2 amide bonds. The van der Waals surface area contributed by atoms with Crippen LogP contribution in [0.4, 0.5) is 8.78 Å². The Bertz CT molecular complexity index is 3290. The molecule has 4 heterocycles. The van der Waals surface area contributed by atoms with Crippen LogP contribution >= 0.6 is 0 Å². The molecule has 4 aromatic heterocycles. The molecule has 0 radical (unpaired) electrons. The Kier molecular flexibility index (Phi) is 14.1. The summed E-state index contributed by atoms with van der Waals surface area (Å²) in [4.78, 5) is 44.9. The molecular weight excluding hydrogens is 927 g/mol. The summed E-state index contributed by atoms with van der Waals surface area (Å²) in [5.74, 6) is -0.256. The lowest BCUT2D eigenvalue weighted by atomic mass is 9.76. The molecular formula is C57H50F2N10O4. The summed E-state index contributed by atoms with van der Waals surface area (Å²) in [6.07, 6.45) is 7.11. The number of rotatable bonds is 14. The number of aliphatic hydroxyl groups excluding tert-OH is 2.